The SMILES string of the molecule is Cc1cc(N(C)C2CCN(CCc3ccccn3)CC2)ncc1[N+](=O)[O-]. The molecule has 2 aromatic heterocycles. The van der Waals surface area contributed by atoms with Gasteiger partial charge in [-0.25, -0.2) is 4.98 Å². The molecule has 0 spiro atoms. The van der Waals surface area contributed by atoms with Crippen LogP contribution in [-0.4, -0.2) is 52.5 Å². The number of piperidine rings is 1. The Morgan fingerprint density at radius 3 is 2.69 bits per heavy atom. The third-order valence-corrected chi connectivity index (χ3v) is 5.14. The third kappa shape index (κ3) is 4.35. The lowest BCUT2D eigenvalue weighted by Crippen LogP contribution is -2.44. The number of nitrogens with zero attached hydrogens (tertiary/aromatic N) is 5. The van der Waals surface area contributed by atoms with E-state index in [2.05, 4.69) is 25.8 Å². The number of aromatic nitrogens is 2. The van der Waals surface area contributed by atoms with Gasteiger partial charge in [0.1, 0.15) is 12.0 Å². The van der Waals surface area contributed by atoms with Crippen LogP contribution in [0.4, 0.5) is 11.5 Å². The van der Waals surface area contributed by atoms with E-state index in [0.717, 1.165) is 50.4 Å². The van der Waals surface area contributed by atoms with E-state index in [1.54, 1.807) is 6.92 Å². The molecule has 0 radical (unpaired) electrons. The molecule has 0 unspecified atom stereocenters. The Morgan fingerprint density at radius 1 is 1.31 bits per heavy atom. The summed E-state index contributed by atoms with van der Waals surface area (Å²) in [6.07, 6.45) is 6.32. The van der Waals surface area contributed by atoms with Crippen LogP contribution >= 0.6 is 0 Å². The minimum atomic E-state index is -0.383. The zero-order chi connectivity index (χ0) is 18.5. The van der Waals surface area contributed by atoms with E-state index in [-0.39, 0.29) is 10.6 Å². The molecule has 1 saturated heterocycles. The summed E-state index contributed by atoms with van der Waals surface area (Å²) in [5.41, 5.74) is 1.86. The van der Waals surface area contributed by atoms with Crippen molar-refractivity contribution in [3.8, 4) is 0 Å². The maximum absolute atomic E-state index is 10.9. The van der Waals surface area contributed by atoms with Crippen molar-refractivity contribution in [3.63, 3.8) is 0 Å². The van der Waals surface area contributed by atoms with Crippen LogP contribution in [0.5, 0.6) is 0 Å². The Morgan fingerprint density at radius 2 is 2.08 bits per heavy atom. The summed E-state index contributed by atoms with van der Waals surface area (Å²) in [6.45, 7) is 4.89. The Bertz CT molecular complexity index is 745. The molecule has 7 nitrogen and oxygen atoms in total. The third-order valence-electron chi connectivity index (χ3n) is 5.14. The summed E-state index contributed by atoms with van der Waals surface area (Å²) in [6, 6.07) is 8.27. The summed E-state index contributed by atoms with van der Waals surface area (Å²) in [5.74, 6) is 0.806. The van der Waals surface area contributed by atoms with E-state index in [0.29, 0.717) is 11.6 Å². The van der Waals surface area contributed by atoms with Crippen LogP contribution in [0, 0.1) is 17.0 Å². The number of rotatable bonds is 6. The lowest BCUT2D eigenvalue weighted by atomic mass is 10.0. The zero-order valence-electron chi connectivity index (χ0n) is 15.3. The van der Waals surface area contributed by atoms with Crippen LogP contribution in [0.15, 0.2) is 36.7 Å². The van der Waals surface area contributed by atoms with Crippen LogP contribution in [0.3, 0.4) is 0 Å². The van der Waals surface area contributed by atoms with Crippen molar-refractivity contribution >= 4 is 11.5 Å². The number of anilines is 1. The van der Waals surface area contributed by atoms with Crippen molar-refractivity contribution < 1.29 is 4.92 Å². The zero-order valence-corrected chi connectivity index (χ0v) is 15.3. The van der Waals surface area contributed by atoms with Gasteiger partial charge in [0.2, 0.25) is 0 Å². The van der Waals surface area contributed by atoms with Crippen LogP contribution in [0.2, 0.25) is 0 Å². The number of hydrogen-bond acceptors (Lipinski definition) is 6. The molecule has 7 heteroatoms. The number of hydrogen-bond donors (Lipinski definition) is 0. The Balaban J connectivity index is 1.52. The largest absolute Gasteiger partial charge is 0.357 e. The van der Waals surface area contributed by atoms with Gasteiger partial charge in [0.25, 0.3) is 5.69 Å². The van der Waals surface area contributed by atoms with E-state index in [9.17, 15) is 10.1 Å². The fraction of sp³-hybridized carbons (Fsp3) is 0.474. The van der Waals surface area contributed by atoms with Gasteiger partial charge in [-0.05, 0) is 38.0 Å². The smallest absolute Gasteiger partial charge is 0.290 e. The topological polar surface area (TPSA) is 75.4 Å². The van der Waals surface area contributed by atoms with Crippen molar-refractivity contribution in [2.45, 2.75) is 32.2 Å². The number of nitro groups is 1. The Labute approximate surface area is 153 Å². The van der Waals surface area contributed by atoms with E-state index < -0.39 is 0 Å². The summed E-state index contributed by atoms with van der Waals surface area (Å²) in [5, 5.41) is 10.9. The Hall–Kier alpha value is -2.54. The highest BCUT2D eigenvalue weighted by molar-refractivity contribution is 5.48. The molecule has 2 aromatic rings. The second kappa shape index (κ2) is 8.23. The minimum absolute atomic E-state index is 0.0755. The summed E-state index contributed by atoms with van der Waals surface area (Å²) < 4.78 is 0. The highest BCUT2D eigenvalue weighted by Crippen LogP contribution is 2.25. The maximum Gasteiger partial charge on any atom is 0.290 e. The van der Waals surface area contributed by atoms with Crippen molar-refractivity contribution in [3.05, 3.63) is 58.0 Å². The molecule has 26 heavy (non-hydrogen) atoms. The van der Waals surface area contributed by atoms with E-state index in [1.165, 1.54) is 6.20 Å². The normalized spacial score (nSPS) is 15.8. The number of likely N-dealkylation sites (tertiary alicyclic amines) is 1. The first-order valence-electron chi connectivity index (χ1n) is 9.00. The second-order valence-corrected chi connectivity index (χ2v) is 6.84. The lowest BCUT2D eigenvalue weighted by Gasteiger charge is -2.37. The summed E-state index contributed by atoms with van der Waals surface area (Å²) >= 11 is 0. The molecule has 3 heterocycles. The van der Waals surface area contributed by atoms with E-state index >= 15 is 0 Å². The van der Waals surface area contributed by atoms with Crippen LogP contribution in [0.1, 0.15) is 24.1 Å². The molecule has 1 fully saturated rings. The van der Waals surface area contributed by atoms with Crippen molar-refractivity contribution in [1.82, 2.24) is 14.9 Å². The fourth-order valence-electron chi connectivity index (χ4n) is 3.45. The predicted molar refractivity (Wildman–Crippen MR) is 101 cm³/mol. The molecule has 0 aliphatic carbocycles. The molecular weight excluding hydrogens is 330 g/mol. The van der Waals surface area contributed by atoms with Crippen LogP contribution in [-0.2, 0) is 6.42 Å². The molecule has 0 atom stereocenters. The van der Waals surface area contributed by atoms with Gasteiger partial charge in [-0.2, -0.15) is 0 Å². The second-order valence-electron chi connectivity index (χ2n) is 6.84. The summed E-state index contributed by atoms with van der Waals surface area (Å²) in [4.78, 5) is 23.9. The van der Waals surface area contributed by atoms with Gasteiger partial charge in [0.05, 0.1) is 4.92 Å². The van der Waals surface area contributed by atoms with E-state index in [4.69, 9.17) is 0 Å². The fourth-order valence-corrected chi connectivity index (χ4v) is 3.45. The molecule has 0 bridgehead atoms. The molecule has 138 valence electrons. The molecule has 0 N–H and O–H groups in total. The molecule has 0 aromatic carbocycles. The molecule has 0 amide bonds. The van der Waals surface area contributed by atoms with Gasteiger partial charge < -0.3 is 9.80 Å². The highest BCUT2D eigenvalue weighted by Gasteiger charge is 2.24. The van der Waals surface area contributed by atoms with Gasteiger partial charge in [-0.3, -0.25) is 15.1 Å². The summed E-state index contributed by atoms with van der Waals surface area (Å²) in [7, 11) is 2.03. The highest BCUT2D eigenvalue weighted by atomic mass is 16.6. The number of pyridine rings is 2. The first-order valence-corrected chi connectivity index (χ1v) is 9.00. The standard InChI is InChI=1S/C19H25N5O2/c1-15-13-19(21-14-18(15)24(25)26)22(2)17-7-11-23(12-8-17)10-6-16-5-3-4-9-20-16/h3-5,9,13-14,17H,6-8,10-12H2,1-2H3. The van der Waals surface area contributed by atoms with Gasteiger partial charge in [-0.15, -0.1) is 0 Å². The van der Waals surface area contributed by atoms with Crippen molar-refractivity contribution in [2.24, 2.45) is 0 Å². The minimum Gasteiger partial charge on any atom is -0.357 e. The van der Waals surface area contributed by atoms with Crippen molar-refractivity contribution in [1.29, 1.82) is 0 Å². The van der Waals surface area contributed by atoms with Crippen LogP contribution < -0.4 is 4.90 Å². The van der Waals surface area contributed by atoms with E-state index in [1.807, 2.05) is 31.4 Å². The average molecular weight is 355 g/mol. The molecule has 0 saturated carbocycles. The first kappa shape index (κ1) is 18.3. The van der Waals surface area contributed by atoms with Crippen LogP contribution in [0.25, 0.3) is 0 Å². The maximum atomic E-state index is 10.9. The quantitative estimate of drug-likeness (QED) is 0.586. The molecule has 1 aliphatic rings. The van der Waals surface area contributed by atoms with Gasteiger partial charge >= 0.3 is 0 Å². The van der Waals surface area contributed by atoms with Crippen molar-refractivity contribution in [2.75, 3.05) is 31.6 Å². The number of aryl methyl sites for hydroxylation is 1. The molecule has 1 aliphatic heterocycles. The monoisotopic (exact) mass is 355 g/mol. The average Bonchev–Trinajstić information content (AvgIpc) is 2.66. The van der Waals surface area contributed by atoms with Gasteiger partial charge in [-0.1, -0.05) is 6.07 Å². The van der Waals surface area contributed by atoms with Gasteiger partial charge in [0, 0.05) is 56.6 Å². The van der Waals surface area contributed by atoms with Gasteiger partial charge in [0.15, 0.2) is 0 Å². The lowest BCUT2D eigenvalue weighted by molar-refractivity contribution is -0.385. The molecular formula is C19H25N5O2. The first-order chi connectivity index (χ1) is 12.5. The Kier molecular flexibility index (Phi) is 5.78. The predicted octanol–water partition coefficient (Wildman–Crippen LogP) is 2.84. The molecule has 3 rings (SSSR count).